The monoisotopic (exact) mass is 612 g/mol. The van der Waals surface area contributed by atoms with Gasteiger partial charge in [0.2, 0.25) is 12.0 Å². The molecule has 3 rings (SSSR count). The van der Waals surface area contributed by atoms with Gasteiger partial charge >= 0.3 is 11.9 Å². The first kappa shape index (κ1) is 33.3. The number of hydrogen-bond acceptors (Lipinski definition) is 8. The molecule has 1 fully saturated rings. The van der Waals surface area contributed by atoms with E-state index in [9.17, 15) is 47.0 Å². The summed E-state index contributed by atoms with van der Waals surface area (Å²) in [5, 5.41) is 25.9. The number of nitrogens with one attached hydrogen (secondary N) is 2. The summed E-state index contributed by atoms with van der Waals surface area (Å²) in [6.45, 7) is 5.72. The number of rotatable bonds is 6. The lowest BCUT2D eigenvalue weighted by Gasteiger charge is -2.34. The number of esters is 2. The van der Waals surface area contributed by atoms with Crippen molar-refractivity contribution in [2.24, 2.45) is 11.8 Å². The molecule has 4 N–H and O–H groups in total. The molecule has 43 heavy (non-hydrogen) atoms. The Morgan fingerprint density at radius 3 is 2.30 bits per heavy atom. The normalized spacial score (nSPS) is 25.8. The van der Waals surface area contributed by atoms with Crippen molar-refractivity contribution in [3.63, 3.8) is 0 Å². The van der Waals surface area contributed by atoms with E-state index in [4.69, 9.17) is 9.47 Å². The van der Waals surface area contributed by atoms with Crippen LogP contribution in [0.4, 0.5) is 17.6 Å². The lowest BCUT2D eigenvalue weighted by Crippen LogP contribution is -2.59. The molecule has 0 radical (unpaired) electrons. The number of amides is 2. The van der Waals surface area contributed by atoms with Crippen molar-refractivity contribution < 1.29 is 56.4 Å². The van der Waals surface area contributed by atoms with E-state index in [2.05, 4.69) is 10.6 Å². The minimum Gasteiger partial charge on any atom is -0.507 e. The van der Waals surface area contributed by atoms with E-state index in [-0.39, 0.29) is 5.56 Å². The number of carbonyl (C=O) groups excluding carboxylic acids is 4. The van der Waals surface area contributed by atoms with E-state index in [0.29, 0.717) is 12.5 Å². The number of ether oxygens (including phenoxy) is 2. The Hall–Kier alpha value is -4.20. The van der Waals surface area contributed by atoms with Gasteiger partial charge in [0.25, 0.3) is 5.91 Å². The Balaban J connectivity index is 2.08. The largest absolute Gasteiger partial charge is 0.507 e. The molecule has 2 amide bonds. The van der Waals surface area contributed by atoms with Gasteiger partial charge in [-0.2, -0.15) is 0 Å². The van der Waals surface area contributed by atoms with Gasteiger partial charge in [0, 0.05) is 5.92 Å². The van der Waals surface area contributed by atoms with Gasteiger partial charge < -0.3 is 30.3 Å². The summed E-state index contributed by atoms with van der Waals surface area (Å²) in [6.07, 6.45) is -5.32. The molecule has 234 valence electrons. The fourth-order valence-corrected chi connectivity index (χ4v) is 4.47. The van der Waals surface area contributed by atoms with E-state index in [1.165, 1.54) is 38.1 Å². The third-order valence-corrected chi connectivity index (χ3v) is 7.37. The van der Waals surface area contributed by atoms with Crippen LogP contribution in [0.1, 0.15) is 50.0 Å². The first-order valence-electron chi connectivity index (χ1n) is 13.5. The smallest absolute Gasteiger partial charge is 0.348 e. The summed E-state index contributed by atoms with van der Waals surface area (Å²) >= 11 is 0. The van der Waals surface area contributed by atoms with Gasteiger partial charge in [-0.1, -0.05) is 26.0 Å². The Labute approximate surface area is 244 Å². The number of hydrogen-bond donors (Lipinski definition) is 4. The third-order valence-electron chi connectivity index (χ3n) is 7.37. The maximum Gasteiger partial charge on any atom is 0.348 e. The quantitative estimate of drug-likeness (QED) is 0.168. The first-order valence-corrected chi connectivity index (χ1v) is 13.5. The molecule has 2 unspecified atom stereocenters. The molecule has 0 saturated carbocycles. The highest BCUT2D eigenvalue weighted by Gasteiger charge is 2.41. The summed E-state index contributed by atoms with van der Waals surface area (Å²) in [4.78, 5) is 52.6. The van der Waals surface area contributed by atoms with Gasteiger partial charge in [-0.05, 0) is 50.5 Å². The second-order valence-corrected chi connectivity index (χ2v) is 10.4. The number of carbonyl (C=O) groups is 4. The van der Waals surface area contributed by atoms with Crippen LogP contribution in [0.5, 0.6) is 5.75 Å². The molecule has 2 aromatic rings. The molecular weight excluding hydrogens is 580 g/mol. The molecule has 2 aromatic carbocycles. The number of phenolic OH excluding ortho intramolecular Hbond substituents is 1. The molecule has 0 bridgehead atoms. The van der Waals surface area contributed by atoms with Gasteiger partial charge in [-0.25, -0.2) is 22.4 Å². The molecule has 1 heterocycles. The van der Waals surface area contributed by atoms with Crippen LogP contribution in [0.15, 0.2) is 30.3 Å². The van der Waals surface area contributed by atoms with E-state index >= 15 is 0 Å². The topological polar surface area (TPSA) is 151 Å². The van der Waals surface area contributed by atoms with E-state index < -0.39 is 107 Å². The summed E-state index contributed by atoms with van der Waals surface area (Å²) < 4.78 is 66.9. The van der Waals surface area contributed by atoms with Crippen molar-refractivity contribution >= 4 is 23.8 Å². The molecule has 1 saturated heterocycles. The second kappa shape index (κ2) is 13.8. The predicted octanol–water partition coefficient (Wildman–Crippen LogP) is 2.67. The zero-order valence-corrected chi connectivity index (χ0v) is 23.7. The number of phenols is 1. The van der Waals surface area contributed by atoms with Gasteiger partial charge in [-0.3, -0.25) is 14.4 Å². The summed E-state index contributed by atoms with van der Waals surface area (Å²) in [5.74, 6) is -14.4. The zero-order valence-electron chi connectivity index (χ0n) is 23.7. The predicted molar refractivity (Wildman–Crippen MR) is 141 cm³/mol. The average molecular weight is 613 g/mol. The maximum atomic E-state index is 14.6. The number of aromatic hydroxyl groups is 1. The van der Waals surface area contributed by atoms with Crippen molar-refractivity contribution in [3.8, 4) is 5.75 Å². The summed E-state index contributed by atoms with van der Waals surface area (Å²) in [7, 11) is 0. The molecule has 10 nitrogen and oxygen atoms in total. The van der Waals surface area contributed by atoms with E-state index in [0.717, 1.165) is 0 Å². The van der Waals surface area contributed by atoms with Crippen molar-refractivity contribution in [1.29, 1.82) is 0 Å². The van der Waals surface area contributed by atoms with Crippen LogP contribution in [-0.2, 0) is 30.3 Å². The summed E-state index contributed by atoms with van der Waals surface area (Å²) in [5.41, 5.74) is -1.02. The van der Waals surface area contributed by atoms with Crippen LogP contribution < -0.4 is 10.6 Å². The number of aliphatic hydroxyl groups is 1. The number of aliphatic hydroxyl groups excluding tert-OH is 1. The van der Waals surface area contributed by atoms with Crippen LogP contribution in [0, 0.1) is 35.1 Å². The lowest BCUT2D eigenvalue weighted by atomic mass is 9.91. The lowest BCUT2D eigenvalue weighted by molar-refractivity contribution is -0.180. The van der Waals surface area contributed by atoms with Crippen LogP contribution in [0.2, 0.25) is 0 Å². The molecule has 0 aromatic heterocycles. The number of para-hydroxylation sites is 1. The number of benzene rings is 2. The molecule has 7 atom stereocenters. The molecule has 1 aliphatic rings. The van der Waals surface area contributed by atoms with Crippen molar-refractivity contribution in [1.82, 2.24) is 10.6 Å². The minimum atomic E-state index is -2.12. The zero-order chi connectivity index (χ0) is 32.2. The molecule has 0 spiro atoms. The fourth-order valence-electron chi connectivity index (χ4n) is 4.47. The van der Waals surface area contributed by atoms with Gasteiger partial charge in [0.05, 0.1) is 23.6 Å². The van der Waals surface area contributed by atoms with Gasteiger partial charge in [-0.15, -0.1) is 0 Å². The molecule has 1 aliphatic heterocycles. The Kier molecular flexibility index (Phi) is 10.7. The van der Waals surface area contributed by atoms with E-state index in [1.54, 1.807) is 13.8 Å². The van der Waals surface area contributed by atoms with Crippen molar-refractivity contribution in [2.75, 3.05) is 0 Å². The SMILES string of the molecule is CCC(C)C1OC(=O)[C@H](C)[C@H](O)[C@H](Cc2cc(F)c(F)c(F)c2F)NC(=O)[C@@H](NC(=O)c2ccccc2O)[C@@H](C)OC1=O. The third kappa shape index (κ3) is 7.42. The summed E-state index contributed by atoms with van der Waals surface area (Å²) in [6, 6.07) is 2.32. The van der Waals surface area contributed by atoms with Crippen molar-refractivity contribution in [2.45, 2.75) is 70.9 Å². The molecule has 14 heteroatoms. The Bertz CT molecular complexity index is 1390. The molecular formula is C29H32F4N2O8. The minimum absolute atomic E-state index is 0.240. The van der Waals surface area contributed by atoms with Crippen LogP contribution in [-0.4, -0.2) is 64.4 Å². The second-order valence-electron chi connectivity index (χ2n) is 10.4. The highest BCUT2D eigenvalue weighted by molar-refractivity contribution is 6.00. The highest BCUT2D eigenvalue weighted by Crippen LogP contribution is 2.25. The maximum absolute atomic E-state index is 14.6. The van der Waals surface area contributed by atoms with Gasteiger partial charge in [0.1, 0.15) is 17.9 Å². The van der Waals surface area contributed by atoms with E-state index in [1.807, 2.05) is 0 Å². The van der Waals surface area contributed by atoms with Gasteiger partial charge in [0.15, 0.2) is 23.3 Å². The Morgan fingerprint density at radius 2 is 1.67 bits per heavy atom. The average Bonchev–Trinajstić information content (AvgIpc) is 2.97. The Morgan fingerprint density at radius 1 is 1.02 bits per heavy atom. The van der Waals surface area contributed by atoms with Crippen LogP contribution in [0.25, 0.3) is 0 Å². The van der Waals surface area contributed by atoms with Crippen molar-refractivity contribution in [3.05, 3.63) is 64.7 Å². The highest BCUT2D eigenvalue weighted by atomic mass is 19.2. The number of cyclic esters (lactones) is 2. The standard InChI is InChI=1S/C29H32F4N2O8/c1-5-12(2)25-29(41)42-14(4)23(35-26(38)16-8-6-7-9-19(16)36)27(39)34-18(24(37)13(3)28(40)43-25)11-15-10-17(30)21(32)22(33)20(15)31/h6-10,12-14,18,23-25,36-37H,5,11H2,1-4H3,(H,34,39)(H,35,38)/t12?,13-,14-,18+,23+,24+,25?/m1/s1. The first-order chi connectivity index (χ1) is 20.2. The fraction of sp³-hybridized carbons (Fsp3) is 0.448. The number of halogens is 4. The molecule has 0 aliphatic carbocycles. The van der Waals surface area contributed by atoms with Crippen LogP contribution >= 0.6 is 0 Å². The van der Waals surface area contributed by atoms with Crippen LogP contribution in [0.3, 0.4) is 0 Å².